The van der Waals surface area contributed by atoms with Crippen molar-refractivity contribution in [1.82, 2.24) is 0 Å². The van der Waals surface area contributed by atoms with Crippen LogP contribution in [0.5, 0.6) is 0 Å². The van der Waals surface area contributed by atoms with Crippen LogP contribution in [0.2, 0.25) is 0 Å². The molecule has 0 fully saturated rings. The van der Waals surface area contributed by atoms with Gasteiger partial charge in [-0.05, 0) is 12.2 Å². The Balaban J connectivity index is 2.17. The van der Waals surface area contributed by atoms with Gasteiger partial charge >= 0.3 is 0 Å². The molecule has 0 amide bonds. The lowest BCUT2D eigenvalue weighted by molar-refractivity contribution is 0.135. The smallest absolute Gasteiger partial charge is 0.184 e. The van der Waals surface area contributed by atoms with Crippen molar-refractivity contribution >= 4 is 19.7 Å². The lowest BCUT2D eigenvalue weighted by Gasteiger charge is -2.14. The van der Waals surface area contributed by atoms with Crippen LogP contribution in [-0.4, -0.2) is 39.2 Å². The molecule has 0 aromatic rings. The molecule has 15 heavy (non-hydrogen) atoms. The summed E-state index contributed by atoms with van der Waals surface area (Å²) in [4.78, 5) is 0. The average molecular weight is 250 g/mol. The van der Waals surface area contributed by atoms with Crippen LogP contribution in [0, 0.1) is 0 Å². The first-order valence-corrected chi connectivity index (χ1v) is 7.77. The summed E-state index contributed by atoms with van der Waals surface area (Å²) >= 11 is 0. The van der Waals surface area contributed by atoms with Crippen molar-refractivity contribution in [1.29, 1.82) is 0 Å². The number of hydrogen-bond donors (Lipinski definition) is 0. The molecule has 0 saturated heterocycles. The summed E-state index contributed by atoms with van der Waals surface area (Å²) in [5, 5.41) is 0. The minimum Gasteiger partial charge on any atom is -0.335 e. The molecule has 0 saturated carbocycles. The molecule has 2 aliphatic rings. The van der Waals surface area contributed by atoms with E-state index in [1.807, 2.05) is 0 Å². The van der Waals surface area contributed by atoms with E-state index in [1.54, 1.807) is 0 Å². The van der Waals surface area contributed by atoms with Crippen LogP contribution in [0.3, 0.4) is 0 Å². The van der Waals surface area contributed by atoms with Crippen LogP contribution in [0.1, 0.15) is 0 Å². The van der Waals surface area contributed by atoms with E-state index < -0.39 is 30.5 Å². The lowest BCUT2D eigenvalue weighted by atomic mass is 10.5. The van der Waals surface area contributed by atoms with Gasteiger partial charge < -0.3 is 4.74 Å². The van der Waals surface area contributed by atoms with Crippen molar-refractivity contribution in [3.8, 4) is 0 Å². The highest BCUT2D eigenvalue weighted by atomic mass is 32.2. The van der Waals surface area contributed by atoms with Crippen LogP contribution in [0.15, 0.2) is 24.3 Å². The summed E-state index contributed by atoms with van der Waals surface area (Å²) < 4.78 is 50.5. The minimum absolute atomic E-state index is 0.0891. The third-order valence-electron chi connectivity index (χ3n) is 2.22. The summed E-state index contributed by atoms with van der Waals surface area (Å²) in [5.41, 5.74) is -2.25. The highest BCUT2D eigenvalue weighted by Gasteiger charge is 2.35. The molecule has 0 N–H and O–H groups in total. The molecule has 2 rings (SSSR count). The molecule has 5 nitrogen and oxygen atoms in total. The van der Waals surface area contributed by atoms with E-state index in [4.69, 9.17) is 4.74 Å². The largest absolute Gasteiger partial charge is 0.335 e. The van der Waals surface area contributed by atoms with Gasteiger partial charge in [0.1, 0.15) is 0 Å². The second-order valence-corrected chi connectivity index (χ2v) is 7.64. The van der Waals surface area contributed by atoms with Crippen LogP contribution in [0.4, 0.5) is 0 Å². The predicted octanol–water partition coefficient (Wildman–Crippen LogP) is -0.376. The molecule has 0 spiro atoms. The second-order valence-electron chi connectivity index (χ2n) is 3.39. The molecule has 2 atom stereocenters. The van der Waals surface area contributed by atoms with Crippen molar-refractivity contribution in [2.45, 2.75) is 10.9 Å². The Labute approximate surface area is 88.3 Å². The SMILES string of the molecule is O=S1(=O)CC=CC1OC1C=CCS1(=O)=O. The van der Waals surface area contributed by atoms with Crippen molar-refractivity contribution < 1.29 is 21.6 Å². The molecule has 0 aliphatic carbocycles. The Morgan fingerprint density at radius 1 is 0.867 bits per heavy atom. The molecule has 0 bridgehead atoms. The van der Waals surface area contributed by atoms with Gasteiger partial charge in [-0.15, -0.1) is 0 Å². The van der Waals surface area contributed by atoms with E-state index in [1.165, 1.54) is 24.3 Å². The van der Waals surface area contributed by atoms with Gasteiger partial charge in [-0.3, -0.25) is 0 Å². The highest BCUT2D eigenvalue weighted by Crippen LogP contribution is 2.21. The van der Waals surface area contributed by atoms with Gasteiger partial charge in [-0.25, -0.2) is 16.8 Å². The summed E-state index contributed by atoms with van der Waals surface area (Å²) in [5.74, 6) is -0.178. The maximum Gasteiger partial charge on any atom is 0.184 e. The van der Waals surface area contributed by atoms with E-state index in [2.05, 4.69) is 0 Å². The number of rotatable bonds is 2. The zero-order chi connectivity index (χ0) is 11.1. The van der Waals surface area contributed by atoms with E-state index in [-0.39, 0.29) is 11.5 Å². The zero-order valence-electron chi connectivity index (χ0n) is 7.74. The number of sulfone groups is 2. The molecule has 0 aromatic heterocycles. The topological polar surface area (TPSA) is 77.5 Å². The predicted molar refractivity (Wildman–Crippen MR) is 54.5 cm³/mol. The fraction of sp³-hybridized carbons (Fsp3) is 0.500. The van der Waals surface area contributed by atoms with E-state index in [0.717, 1.165) is 0 Å². The normalized spacial score (nSPS) is 36.0. The Morgan fingerprint density at radius 3 is 1.53 bits per heavy atom. The maximum atomic E-state index is 11.4. The standard InChI is InChI=1S/C8H10O5S2/c9-14(10)5-1-3-7(14)13-8-4-2-6-15(8,11)12/h1-4,7-8H,5-6H2. The Bertz CT molecular complexity index is 463. The first-order valence-electron chi connectivity index (χ1n) is 4.34. The van der Waals surface area contributed by atoms with Gasteiger partial charge in [-0.2, -0.15) is 0 Å². The summed E-state index contributed by atoms with van der Waals surface area (Å²) in [6.45, 7) is 0. The first kappa shape index (κ1) is 10.8. The Kier molecular flexibility index (Phi) is 2.48. The van der Waals surface area contributed by atoms with Gasteiger partial charge in [0, 0.05) is 0 Å². The average Bonchev–Trinajstić information content (AvgIpc) is 2.58. The van der Waals surface area contributed by atoms with Crippen molar-refractivity contribution in [3.63, 3.8) is 0 Å². The molecule has 2 heterocycles. The van der Waals surface area contributed by atoms with Crippen LogP contribution < -0.4 is 0 Å². The van der Waals surface area contributed by atoms with Gasteiger partial charge in [0.25, 0.3) is 0 Å². The van der Waals surface area contributed by atoms with E-state index in [9.17, 15) is 16.8 Å². The van der Waals surface area contributed by atoms with Crippen LogP contribution >= 0.6 is 0 Å². The van der Waals surface area contributed by atoms with Crippen molar-refractivity contribution in [2.75, 3.05) is 11.5 Å². The molecule has 2 unspecified atom stereocenters. The molecule has 0 aromatic carbocycles. The summed E-state index contributed by atoms with van der Waals surface area (Å²) in [6.07, 6.45) is 5.67. The van der Waals surface area contributed by atoms with Crippen LogP contribution in [-0.2, 0) is 24.4 Å². The van der Waals surface area contributed by atoms with Crippen molar-refractivity contribution in [2.24, 2.45) is 0 Å². The van der Waals surface area contributed by atoms with E-state index >= 15 is 0 Å². The quantitative estimate of drug-likeness (QED) is 0.625. The fourth-order valence-corrected chi connectivity index (χ4v) is 3.91. The first-order chi connectivity index (χ1) is 6.92. The van der Waals surface area contributed by atoms with Crippen molar-refractivity contribution in [3.05, 3.63) is 24.3 Å². The molecule has 2 aliphatic heterocycles. The van der Waals surface area contributed by atoms with Gasteiger partial charge in [0.05, 0.1) is 11.5 Å². The minimum atomic E-state index is -3.36. The highest BCUT2D eigenvalue weighted by molar-refractivity contribution is 7.93. The van der Waals surface area contributed by atoms with E-state index in [0.29, 0.717) is 0 Å². The monoisotopic (exact) mass is 250 g/mol. The fourth-order valence-electron chi connectivity index (χ4n) is 1.42. The zero-order valence-corrected chi connectivity index (χ0v) is 9.37. The van der Waals surface area contributed by atoms with Gasteiger partial charge in [0.15, 0.2) is 30.5 Å². The Morgan fingerprint density at radius 2 is 1.27 bits per heavy atom. The maximum absolute atomic E-state index is 11.4. The summed E-state index contributed by atoms with van der Waals surface area (Å²) in [7, 11) is -6.71. The molecule has 84 valence electrons. The third kappa shape index (κ3) is 1.99. The van der Waals surface area contributed by atoms with Gasteiger partial charge in [0.2, 0.25) is 0 Å². The third-order valence-corrected chi connectivity index (χ3v) is 5.49. The number of hydrogen-bond acceptors (Lipinski definition) is 5. The second kappa shape index (κ2) is 3.43. The van der Waals surface area contributed by atoms with Gasteiger partial charge in [-0.1, -0.05) is 12.2 Å². The number of ether oxygens (including phenoxy) is 1. The Hall–Kier alpha value is -0.660. The molecule has 7 heteroatoms. The molecular formula is C8H10O5S2. The lowest BCUT2D eigenvalue weighted by Crippen LogP contribution is -2.29. The molecule has 0 radical (unpaired) electrons. The summed E-state index contributed by atoms with van der Waals surface area (Å²) in [6, 6.07) is 0. The van der Waals surface area contributed by atoms with Crippen LogP contribution in [0.25, 0.3) is 0 Å². The molecular weight excluding hydrogens is 240 g/mol.